The molecule has 2 N–H and O–H groups in total. The van der Waals surface area contributed by atoms with Crippen molar-refractivity contribution in [2.75, 3.05) is 20.6 Å². The van der Waals surface area contributed by atoms with Crippen LogP contribution in [0.3, 0.4) is 0 Å². The van der Waals surface area contributed by atoms with Crippen molar-refractivity contribution in [2.24, 2.45) is 5.92 Å². The van der Waals surface area contributed by atoms with Gasteiger partial charge >= 0.3 is 0 Å². The van der Waals surface area contributed by atoms with Crippen LogP contribution in [-0.4, -0.2) is 48.9 Å². The monoisotopic (exact) mass is 399 g/mol. The van der Waals surface area contributed by atoms with Gasteiger partial charge in [0.2, 0.25) is 0 Å². The summed E-state index contributed by atoms with van der Waals surface area (Å²) in [4.78, 5) is 1.90. The second-order valence-corrected chi connectivity index (χ2v) is 9.53. The fourth-order valence-corrected chi connectivity index (χ4v) is 4.67. The van der Waals surface area contributed by atoms with E-state index in [-0.39, 0.29) is 12.3 Å². The van der Waals surface area contributed by atoms with Gasteiger partial charge in [0, 0.05) is 0 Å². The van der Waals surface area contributed by atoms with E-state index < -0.39 is 21.0 Å². The molecule has 0 amide bonds. The SMILES string of the molecule is CCCC(CCC)C(O)(CCC(CCN(C)C)S(=O)(=O)O)c1ccccc1. The summed E-state index contributed by atoms with van der Waals surface area (Å²) in [6.07, 6.45) is 4.59. The Morgan fingerprint density at radius 2 is 1.56 bits per heavy atom. The second-order valence-electron chi connectivity index (χ2n) is 7.83. The van der Waals surface area contributed by atoms with Gasteiger partial charge in [-0.15, -0.1) is 0 Å². The zero-order valence-corrected chi connectivity index (χ0v) is 18.1. The zero-order chi connectivity index (χ0) is 20.5. The molecule has 1 aromatic rings. The molecule has 2 unspecified atom stereocenters. The normalized spacial score (nSPS) is 15.9. The maximum Gasteiger partial charge on any atom is 0.267 e. The molecule has 156 valence electrons. The minimum Gasteiger partial charge on any atom is -0.385 e. The first kappa shape index (κ1) is 24.1. The third-order valence-electron chi connectivity index (χ3n) is 5.39. The zero-order valence-electron chi connectivity index (χ0n) is 17.3. The minimum atomic E-state index is -4.15. The fourth-order valence-electron chi connectivity index (χ4n) is 3.86. The van der Waals surface area contributed by atoms with E-state index in [9.17, 15) is 18.1 Å². The van der Waals surface area contributed by atoms with E-state index in [0.29, 0.717) is 19.4 Å². The Balaban J connectivity index is 3.12. The fraction of sp³-hybridized carbons (Fsp3) is 0.714. The van der Waals surface area contributed by atoms with Crippen molar-refractivity contribution in [3.8, 4) is 0 Å². The standard InChI is InChI=1S/C21H37NO4S/c1-5-10-18(11-6-2)21(23,19-12-8-7-9-13-19)16-14-20(27(24,25)26)15-17-22(3)4/h7-9,12-13,18,20,23H,5-6,10-11,14-17H2,1-4H3,(H,24,25,26). The quantitative estimate of drug-likeness (QED) is 0.489. The molecular formula is C21H37NO4S. The molecule has 0 aliphatic rings. The molecule has 2 atom stereocenters. The lowest BCUT2D eigenvalue weighted by Gasteiger charge is -2.38. The van der Waals surface area contributed by atoms with Crippen LogP contribution in [0.5, 0.6) is 0 Å². The highest BCUT2D eigenvalue weighted by molar-refractivity contribution is 7.86. The van der Waals surface area contributed by atoms with Gasteiger partial charge in [-0.3, -0.25) is 4.55 Å². The summed E-state index contributed by atoms with van der Waals surface area (Å²) in [5.41, 5.74) is -0.257. The molecule has 0 heterocycles. The number of benzene rings is 1. The van der Waals surface area contributed by atoms with Gasteiger partial charge in [-0.05, 0) is 64.2 Å². The van der Waals surface area contributed by atoms with Crippen molar-refractivity contribution < 1.29 is 18.1 Å². The van der Waals surface area contributed by atoms with Crippen LogP contribution >= 0.6 is 0 Å². The summed E-state index contributed by atoms with van der Waals surface area (Å²) >= 11 is 0. The first-order valence-electron chi connectivity index (χ1n) is 10.0. The second kappa shape index (κ2) is 11.1. The third-order valence-corrected chi connectivity index (χ3v) is 6.70. The van der Waals surface area contributed by atoms with Crippen molar-refractivity contribution in [3.63, 3.8) is 0 Å². The lowest BCUT2D eigenvalue weighted by Crippen LogP contribution is -2.37. The highest BCUT2D eigenvalue weighted by Crippen LogP contribution is 2.40. The van der Waals surface area contributed by atoms with Gasteiger partial charge in [-0.25, -0.2) is 0 Å². The highest BCUT2D eigenvalue weighted by Gasteiger charge is 2.38. The number of hydrogen-bond donors (Lipinski definition) is 2. The lowest BCUT2D eigenvalue weighted by atomic mass is 9.73. The van der Waals surface area contributed by atoms with Crippen molar-refractivity contribution in [2.45, 2.75) is 69.6 Å². The van der Waals surface area contributed by atoms with E-state index >= 15 is 0 Å². The van der Waals surface area contributed by atoms with Crippen LogP contribution in [0.25, 0.3) is 0 Å². The van der Waals surface area contributed by atoms with Gasteiger partial charge in [0.15, 0.2) is 0 Å². The smallest absolute Gasteiger partial charge is 0.267 e. The Morgan fingerprint density at radius 3 is 2.00 bits per heavy atom. The molecule has 6 heteroatoms. The Labute approximate surface area is 165 Å². The molecule has 0 fully saturated rings. The third kappa shape index (κ3) is 7.53. The molecule has 1 aromatic carbocycles. The average molecular weight is 400 g/mol. The molecule has 0 aliphatic carbocycles. The molecule has 1 rings (SSSR count). The summed E-state index contributed by atoms with van der Waals surface area (Å²) in [6, 6.07) is 9.56. The molecular weight excluding hydrogens is 362 g/mol. The molecule has 0 saturated heterocycles. The maximum atomic E-state index is 11.9. The molecule has 0 spiro atoms. The van der Waals surface area contributed by atoms with E-state index in [1.165, 1.54) is 0 Å². The molecule has 5 nitrogen and oxygen atoms in total. The van der Waals surface area contributed by atoms with E-state index in [1.54, 1.807) is 0 Å². The number of rotatable bonds is 13. The summed E-state index contributed by atoms with van der Waals surface area (Å²) in [5, 5.41) is 10.8. The molecule has 0 aliphatic heterocycles. The first-order valence-corrected chi connectivity index (χ1v) is 11.5. The van der Waals surface area contributed by atoms with E-state index in [4.69, 9.17) is 0 Å². The van der Waals surface area contributed by atoms with Gasteiger partial charge in [0.1, 0.15) is 0 Å². The summed E-state index contributed by atoms with van der Waals surface area (Å²) in [6.45, 7) is 4.78. The maximum absolute atomic E-state index is 11.9. The van der Waals surface area contributed by atoms with Crippen molar-refractivity contribution in [1.29, 1.82) is 0 Å². The highest BCUT2D eigenvalue weighted by atomic mass is 32.2. The summed E-state index contributed by atoms with van der Waals surface area (Å²) in [7, 11) is -0.403. The largest absolute Gasteiger partial charge is 0.385 e. The molecule has 27 heavy (non-hydrogen) atoms. The minimum absolute atomic E-state index is 0.0609. The van der Waals surface area contributed by atoms with Crippen LogP contribution in [0.4, 0.5) is 0 Å². The van der Waals surface area contributed by atoms with Crippen LogP contribution in [0.1, 0.15) is 64.4 Å². The average Bonchev–Trinajstić information content (AvgIpc) is 2.60. The predicted molar refractivity (Wildman–Crippen MR) is 111 cm³/mol. The van der Waals surface area contributed by atoms with Crippen molar-refractivity contribution in [3.05, 3.63) is 35.9 Å². The van der Waals surface area contributed by atoms with Crippen LogP contribution in [0.15, 0.2) is 30.3 Å². The first-order chi connectivity index (χ1) is 12.6. The van der Waals surface area contributed by atoms with Gasteiger partial charge < -0.3 is 10.0 Å². The van der Waals surface area contributed by atoms with E-state index in [0.717, 1.165) is 31.2 Å². The molecule has 0 radical (unpaired) electrons. The Morgan fingerprint density at radius 1 is 1.00 bits per heavy atom. The van der Waals surface area contributed by atoms with Crippen molar-refractivity contribution >= 4 is 10.1 Å². The Bertz CT molecular complexity index is 627. The van der Waals surface area contributed by atoms with E-state index in [1.807, 2.05) is 49.3 Å². The number of aliphatic hydroxyl groups is 1. The van der Waals surface area contributed by atoms with Crippen LogP contribution in [0, 0.1) is 5.92 Å². The molecule has 0 bridgehead atoms. The van der Waals surface area contributed by atoms with Crippen LogP contribution < -0.4 is 0 Å². The van der Waals surface area contributed by atoms with Gasteiger partial charge in [0.25, 0.3) is 10.1 Å². The predicted octanol–water partition coefficient (Wildman–Crippen LogP) is 4.08. The van der Waals surface area contributed by atoms with Crippen LogP contribution in [0.2, 0.25) is 0 Å². The van der Waals surface area contributed by atoms with Crippen molar-refractivity contribution in [1.82, 2.24) is 4.90 Å². The lowest BCUT2D eigenvalue weighted by molar-refractivity contribution is -0.0415. The van der Waals surface area contributed by atoms with Gasteiger partial charge in [0.05, 0.1) is 10.9 Å². The number of nitrogens with zero attached hydrogens (tertiary/aromatic N) is 1. The summed E-state index contributed by atoms with van der Waals surface area (Å²) < 4.78 is 33.4. The molecule has 0 aromatic heterocycles. The van der Waals surface area contributed by atoms with Crippen LogP contribution in [-0.2, 0) is 15.7 Å². The molecule has 0 saturated carbocycles. The Kier molecular flexibility index (Phi) is 9.95. The topological polar surface area (TPSA) is 77.8 Å². The van der Waals surface area contributed by atoms with Gasteiger partial charge in [-0.2, -0.15) is 8.42 Å². The number of hydrogen-bond acceptors (Lipinski definition) is 4. The Hall–Kier alpha value is -0.950. The van der Waals surface area contributed by atoms with E-state index in [2.05, 4.69) is 13.8 Å². The van der Waals surface area contributed by atoms with Gasteiger partial charge in [-0.1, -0.05) is 57.0 Å². The summed E-state index contributed by atoms with van der Waals surface area (Å²) in [5.74, 6) is 0.0609.